The van der Waals surface area contributed by atoms with Crippen LogP contribution in [0.25, 0.3) is 11.3 Å². The first-order valence-corrected chi connectivity index (χ1v) is 6.24. The van der Waals surface area contributed by atoms with Crippen molar-refractivity contribution in [3.05, 3.63) is 41.3 Å². The smallest absolute Gasteiger partial charge is 0.131 e. The lowest BCUT2D eigenvalue weighted by Gasteiger charge is -2.09. The van der Waals surface area contributed by atoms with Crippen molar-refractivity contribution in [1.29, 1.82) is 0 Å². The Morgan fingerprint density at radius 3 is 2.58 bits per heavy atom. The van der Waals surface area contributed by atoms with Crippen molar-refractivity contribution in [1.82, 2.24) is 9.97 Å². The molecule has 0 saturated carbocycles. The lowest BCUT2D eigenvalue weighted by molar-refractivity contribution is 0.296. The quantitative estimate of drug-likeness (QED) is 0.914. The molecule has 0 bridgehead atoms. The molecule has 4 heteroatoms. The maximum absolute atomic E-state index is 8.99. The van der Waals surface area contributed by atoms with Gasteiger partial charge in [0.15, 0.2) is 0 Å². The Morgan fingerprint density at radius 2 is 1.95 bits per heavy atom. The van der Waals surface area contributed by atoms with E-state index < -0.39 is 0 Å². The predicted octanol–water partition coefficient (Wildman–Crippen LogP) is 2.30. The topological polar surface area (TPSA) is 55.2 Å². The zero-order valence-corrected chi connectivity index (χ0v) is 11.5. The second-order valence-electron chi connectivity index (χ2n) is 4.47. The van der Waals surface area contributed by atoms with Gasteiger partial charge in [0.1, 0.15) is 11.6 Å². The molecule has 0 radical (unpaired) electrons. The maximum Gasteiger partial charge on any atom is 0.131 e. The van der Waals surface area contributed by atoms with Crippen LogP contribution in [0.2, 0.25) is 0 Å². The third kappa shape index (κ3) is 3.09. The molecule has 0 aliphatic carbocycles. The summed E-state index contributed by atoms with van der Waals surface area (Å²) in [5, 5.41) is 8.99. The van der Waals surface area contributed by atoms with Gasteiger partial charge in [-0.25, -0.2) is 9.97 Å². The summed E-state index contributed by atoms with van der Waals surface area (Å²) in [7, 11) is 1.66. The monoisotopic (exact) mass is 258 g/mol. The third-order valence-electron chi connectivity index (χ3n) is 2.93. The largest absolute Gasteiger partial charge is 0.496 e. The van der Waals surface area contributed by atoms with E-state index in [-0.39, 0.29) is 6.61 Å². The fourth-order valence-electron chi connectivity index (χ4n) is 2.03. The highest BCUT2D eigenvalue weighted by Gasteiger charge is 2.06. The lowest BCUT2D eigenvalue weighted by atomic mass is 10.1. The second kappa shape index (κ2) is 5.80. The molecule has 0 atom stereocenters. The van der Waals surface area contributed by atoms with Crippen LogP contribution in [0.1, 0.15) is 17.1 Å². The van der Waals surface area contributed by atoms with Gasteiger partial charge in [-0.3, -0.25) is 0 Å². The molecule has 2 rings (SSSR count). The fraction of sp³-hybridized carbons (Fsp3) is 0.333. The van der Waals surface area contributed by atoms with Gasteiger partial charge in [0, 0.05) is 17.7 Å². The van der Waals surface area contributed by atoms with Gasteiger partial charge in [-0.15, -0.1) is 0 Å². The Morgan fingerprint density at radius 1 is 1.16 bits per heavy atom. The summed E-state index contributed by atoms with van der Waals surface area (Å²) < 4.78 is 5.26. The summed E-state index contributed by atoms with van der Waals surface area (Å²) in [6, 6.07) is 7.91. The highest BCUT2D eigenvalue weighted by atomic mass is 16.5. The molecule has 4 nitrogen and oxygen atoms in total. The molecule has 19 heavy (non-hydrogen) atoms. The summed E-state index contributed by atoms with van der Waals surface area (Å²) in [5.41, 5.74) is 3.88. The number of aliphatic hydroxyl groups is 1. The molecule has 1 heterocycles. The molecule has 2 aromatic rings. The fourth-order valence-corrected chi connectivity index (χ4v) is 2.03. The zero-order chi connectivity index (χ0) is 13.8. The Hall–Kier alpha value is -1.94. The van der Waals surface area contributed by atoms with Crippen LogP contribution in [0.4, 0.5) is 0 Å². The van der Waals surface area contributed by atoms with E-state index in [0.29, 0.717) is 12.2 Å². The van der Waals surface area contributed by atoms with Gasteiger partial charge in [-0.05, 0) is 43.7 Å². The van der Waals surface area contributed by atoms with Gasteiger partial charge in [0.05, 0.1) is 19.4 Å². The van der Waals surface area contributed by atoms with E-state index in [1.165, 1.54) is 0 Å². The number of rotatable bonds is 4. The van der Waals surface area contributed by atoms with Crippen molar-refractivity contribution in [3.63, 3.8) is 0 Å². The first kappa shape index (κ1) is 13.5. The third-order valence-corrected chi connectivity index (χ3v) is 2.93. The highest BCUT2D eigenvalue weighted by molar-refractivity contribution is 5.62. The maximum atomic E-state index is 8.99. The van der Waals surface area contributed by atoms with Crippen LogP contribution >= 0.6 is 0 Å². The number of hydrogen-bond donors (Lipinski definition) is 1. The van der Waals surface area contributed by atoms with Crippen molar-refractivity contribution in [2.75, 3.05) is 13.7 Å². The molecule has 0 saturated heterocycles. The van der Waals surface area contributed by atoms with Crippen LogP contribution in [0, 0.1) is 13.8 Å². The van der Waals surface area contributed by atoms with Crippen LogP contribution < -0.4 is 4.74 Å². The summed E-state index contributed by atoms with van der Waals surface area (Å²) in [5.74, 6) is 1.54. The minimum Gasteiger partial charge on any atom is -0.496 e. The van der Waals surface area contributed by atoms with Crippen molar-refractivity contribution in [3.8, 4) is 17.0 Å². The molecule has 0 fully saturated rings. The van der Waals surface area contributed by atoms with Crippen molar-refractivity contribution in [2.45, 2.75) is 20.3 Å². The molecule has 0 aliphatic heterocycles. The van der Waals surface area contributed by atoms with Crippen LogP contribution in [-0.4, -0.2) is 28.8 Å². The van der Waals surface area contributed by atoms with E-state index in [4.69, 9.17) is 9.84 Å². The number of aromatic nitrogens is 2. The normalized spacial score (nSPS) is 10.5. The standard InChI is InChI=1S/C15H18N2O2/c1-10-8-12(4-5-14(10)19-3)13-9-11(2)16-15(17-13)6-7-18/h4-5,8-9,18H,6-7H2,1-3H3. The molecular formula is C15H18N2O2. The number of nitrogens with zero attached hydrogens (tertiary/aromatic N) is 2. The van der Waals surface area contributed by atoms with Crippen LogP contribution in [0.15, 0.2) is 24.3 Å². The molecule has 1 N–H and O–H groups in total. The number of methoxy groups -OCH3 is 1. The average Bonchev–Trinajstić information content (AvgIpc) is 2.38. The van der Waals surface area contributed by atoms with Gasteiger partial charge in [-0.2, -0.15) is 0 Å². The van der Waals surface area contributed by atoms with Crippen molar-refractivity contribution in [2.24, 2.45) is 0 Å². The molecule has 100 valence electrons. The number of aliphatic hydroxyl groups excluding tert-OH is 1. The van der Waals surface area contributed by atoms with E-state index in [1.54, 1.807) is 7.11 Å². The van der Waals surface area contributed by atoms with Gasteiger partial charge < -0.3 is 9.84 Å². The van der Waals surface area contributed by atoms with E-state index in [1.807, 2.05) is 38.1 Å². The van der Waals surface area contributed by atoms with Gasteiger partial charge in [0.2, 0.25) is 0 Å². The number of aryl methyl sites for hydroxylation is 2. The number of benzene rings is 1. The average molecular weight is 258 g/mol. The van der Waals surface area contributed by atoms with Crippen LogP contribution in [-0.2, 0) is 6.42 Å². The molecule has 1 aromatic carbocycles. The van der Waals surface area contributed by atoms with Crippen molar-refractivity contribution >= 4 is 0 Å². The molecule has 1 aromatic heterocycles. The molecule has 0 amide bonds. The SMILES string of the molecule is COc1ccc(-c2cc(C)nc(CCO)n2)cc1C. The Balaban J connectivity index is 2.43. The minimum absolute atomic E-state index is 0.0601. The molecule has 0 spiro atoms. The number of hydrogen-bond acceptors (Lipinski definition) is 4. The Labute approximate surface area is 113 Å². The van der Waals surface area contributed by atoms with Gasteiger partial charge in [0.25, 0.3) is 0 Å². The van der Waals surface area contributed by atoms with Gasteiger partial charge >= 0.3 is 0 Å². The summed E-state index contributed by atoms with van der Waals surface area (Å²) >= 11 is 0. The Bertz CT molecular complexity index is 582. The van der Waals surface area contributed by atoms with Crippen LogP contribution in [0.5, 0.6) is 5.75 Å². The molecule has 0 unspecified atom stereocenters. The molecular weight excluding hydrogens is 240 g/mol. The van der Waals surface area contributed by atoms with Gasteiger partial charge in [-0.1, -0.05) is 0 Å². The van der Waals surface area contributed by atoms with E-state index >= 15 is 0 Å². The molecule has 0 aliphatic rings. The first-order chi connectivity index (χ1) is 9.13. The lowest BCUT2D eigenvalue weighted by Crippen LogP contribution is -2.02. The van der Waals surface area contributed by atoms with Crippen molar-refractivity contribution < 1.29 is 9.84 Å². The Kier molecular flexibility index (Phi) is 4.12. The van der Waals surface area contributed by atoms with Crippen LogP contribution in [0.3, 0.4) is 0 Å². The predicted molar refractivity (Wildman–Crippen MR) is 74.3 cm³/mol. The van der Waals surface area contributed by atoms with E-state index in [0.717, 1.165) is 28.3 Å². The minimum atomic E-state index is 0.0601. The summed E-state index contributed by atoms with van der Waals surface area (Å²) in [6.45, 7) is 4.00. The highest BCUT2D eigenvalue weighted by Crippen LogP contribution is 2.25. The zero-order valence-electron chi connectivity index (χ0n) is 11.5. The summed E-state index contributed by atoms with van der Waals surface area (Å²) in [4.78, 5) is 8.79. The first-order valence-electron chi connectivity index (χ1n) is 6.24. The van der Waals surface area contributed by atoms with E-state index in [9.17, 15) is 0 Å². The van der Waals surface area contributed by atoms with E-state index in [2.05, 4.69) is 9.97 Å². The second-order valence-corrected chi connectivity index (χ2v) is 4.47. The number of ether oxygens (including phenoxy) is 1. The summed E-state index contributed by atoms with van der Waals surface area (Å²) in [6.07, 6.45) is 0.476.